The molecule has 0 bridgehead atoms. The van der Waals surface area contributed by atoms with E-state index in [-0.39, 0.29) is 0 Å². The minimum Gasteiger partial charge on any atom is -0.494 e. The molecule has 0 aliphatic heterocycles. The molecule has 3 aromatic heterocycles. The van der Waals surface area contributed by atoms with Crippen LogP contribution in [0.15, 0.2) is 47.1 Å². The van der Waals surface area contributed by atoms with Crippen LogP contribution in [0, 0.1) is 6.92 Å². The lowest BCUT2D eigenvalue weighted by molar-refractivity contribution is 0.391. The number of ether oxygens (including phenoxy) is 3. The second kappa shape index (κ2) is 10.3. The van der Waals surface area contributed by atoms with Gasteiger partial charge in [-0.15, -0.1) is 10.2 Å². The van der Waals surface area contributed by atoms with Gasteiger partial charge in [-0.3, -0.25) is 14.3 Å². The number of furan rings is 1. The van der Waals surface area contributed by atoms with Crippen molar-refractivity contribution in [1.82, 2.24) is 24.7 Å². The number of hydrogen-bond acceptors (Lipinski definition) is 10. The molecule has 10 nitrogen and oxygen atoms in total. The number of nitrogens with one attached hydrogen (secondary N) is 1. The van der Waals surface area contributed by atoms with E-state index in [1.54, 1.807) is 33.7 Å². The fourth-order valence-electron chi connectivity index (χ4n) is 3.18. The highest BCUT2D eigenvalue weighted by atomic mass is 32.2. The number of methoxy groups -OCH3 is 3. The van der Waals surface area contributed by atoms with Crippen LogP contribution in [-0.4, -0.2) is 51.8 Å². The summed E-state index contributed by atoms with van der Waals surface area (Å²) in [6.45, 7) is 1.88. The lowest BCUT2D eigenvalue weighted by atomic mass is 10.2. The molecular weight excluding hydrogens is 444 g/mol. The molecule has 0 aliphatic carbocycles. The summed E-state index contributed by atoms with van der Waals surface area (Å²) in [4.78, 5) is 8.53. The summed E-state index contributed by atoms with van der Waals surface area (Å²) in [5.74, 6) is 4.83. The van der Waals surface area contributed by atoms with Crippen molar-refractivity contribution in [2.45, 2.75) is 13.3 Å². The van der Waals surface area contributed by atoms with Gasteiger partial charge in [0.15, 0.2) is 5.76 Å². The van der Waals surface area contributed by atoms with Crippen molar-refractivity contribution in [2.75, 3.05) is 31.8 Å². The molecular formula is C22H24N6O4S. The van der Waals surface area contributed by atoms with Crippen molar-refractivity contribution in [3.63, 3.8) is 0 Å². The van der Waals surface area contributed by atoms with Gasteiger partial charge in [0.25, 0.3) is 0 Å². The predicted molar refractivity (Wildman–Crippen MR) is 125 cm³/mol. The second-order valence-corrected chi connectivity index (χ2v) is 7.76. The van der Waals surface area contributed by atoms with E-state index in [1.165, 1.54) is 11.9 Å². The van der Waals surface area contributed by atoms with Gasteiger partial charge in [-0.2, -0.15) is 0 Å². The average Bonchev–Trinajstić information content (AvgIpc) is 3.47. The minimum absolute atomic E-state index is 0.490. The SMILES string of the molecule is COc1cnc(CCSNc2nnc(-c3ccc(C)o3)n2-c2c(OC)cccc2OC)cn1. The highest BCUT2D eigenvalue weighted by Crippen LogP contribution is 2.38. The van der Waals surface area contributed by atoms with Crippen molar-refractivity contribution >= 4 is 17.9 Å². The summed E-state index contributed by atoms with van der Waals surface area (Å²) in [7, 11) is 4.78. The van der Waals surface area contributed by atoms with Crippen LogP contribution in [0.1, 0.15) is 11.5 Å². The number of anilines is 1. The molecule has 11 heteroatoms. The van der Waals surface area contributed by atoms with Gasteiger partial charge >= 0.3 is 0 Å². The Morgan fingerprint density at radius 1 is 0.970 bits per heavy atom. The number of hydrogen-bond donors (Lipinski definition) is 1. The Balaban J connectivity index is 1.61. The Hall–Kier alpha value is -3.73. The Morgan fingerprint density at radius 2 is 1.76 bits per heavy atom. The molecule has 1 N–H and O–H groups in total. The molecule has 0 atom stereocenters. The largest absolute Gasteiger partial charge is 0.494 e. The smallest absolute Gasteiger partial charge is 0.239 e. The Morgan fingerprint density at radius 3 is 2.36 bits per heavy atom. The van der Waals surface area contributed by atoms with E-state index >= 15 is 0 Å². The van der Waals surface area contributed by atoms with Gasteiger partial charge in [-0.25, -0.2) is 4.98 Å². The van der Waals surface area contributed by atoms with Crippen LogP contribution >= 0.6 is 11.9 Å². The highest BCUT2D eigenvalue weighted by Gasteiger charge is 2.24. The van der Waals surface area contributed by atoms with E-state index in [4.69, 9.17) is 18.6 Å². The van der Waals surface area contributed by atoms with Gasteiger partial charge in [0, 0.05) is 12.2 Å². The molecule has 0 radical (unpaired) electrons. The molecule has 0 amide bonds. The maximum atomic E-state index is 5.83. The van der Waals surface area contributed by atoms with E-state index in [0.717, 1.165) is 17.2 Å². The molecule has 1 aromatic carbocycles. The van der Waals surface area contributed by atoms with E-state index in [2.05, 4.69) is 24.9 Å². The summed E-state index contributed by atoms with van der Waals surface area (Å²) < 4.78 is 27.2. The van der Waals surface area contributed by atoms with Crippen LogP contribution in [0.5, 0.6) is 17.4 Å². The summed E-state index contributed by atoms with van der Waals surface area (Å²) in [6.07, 6.45) is 4.03. The molecule has 172 valence electrons. The monoisotopic (exact) mass is 468 g/mol. The second-order valence-electron chi connectivity index (χ2n) is 6.85. The van der Waals surface area contributed by atoms with Crippen LogP contribution in [-0.2, 0) is 6.42 Å². The van der Waals surface area contributed by atoms with Gasteiger partial charge in [0.05, 0.1) is 39.4 Å². The minimum atomic E-state index is 0.490. The van der Waals surface area contributed by atoms with Crippen molar-refractivity contribution in [3.8, 4) is 34.7 Å². The van der Waals surface area contributed by atoms with Crippen LogP contribution in [0.2, 0.25) is 0 Å². The van der Waals surface area contributed by atoms with E-state index in [9.17, 15) is 0 Å². The van der Waals surface area contributed by atoms with Gasteiger partial charge in [0.2, 0.25) is 17.7 Å². The average molecular weight is 469 g/mol. The van der Waals surface area contributed by atoms with E-state index in [0.29, 0.717) is 47.0 Å². The fraction of sp³-hybridized carbons (Fsp3) is 0.273. The van der Waals surface area contributed by atoms with Crippen molar-refractivity contribution in [2.24, 2.45) is 0 Å². The van der Waals surface area contributed by atoms with Gasteiger partial charge in [-0.05, 0) is 43.1 Å². The van der Waals surface area contributed by atoms with Gasteiger partial charge in [-0.1, -0.05) is 6.07 Å². The van der Waals surface area contributed by atoms with Gasteiger partial charge < -0.3 is 18.6 Å². The number of aromatic nitrogens is 5. The molecule has 3 heterocycles. The summed E-state index contributed by atoms with van der Waals surface area (Å²) >= 11 is 1.48. The fourth-order valence-corrected chi connectivity index (χ4v) is 3.85. The third-order valence-electron chi connectivity index (χ3n) is 4.76. The van der Waals surface area contributed by atoms with Crippen LogP contribution < -0.4 is 18.9 Å². The first kappa shape index (κ1) is 22.5. The standard InChI is InChI=1S/C22H24N6O4S/c1-14-8-9-18(32-14)21-25-26-22(27-33-11-10-15-12-24-19(31-4)13-23-15)28(21)20-16(29-2)6-5-7-17(20)30-3/h5-9,12-13H,10-11H2,1-4H3,(H,26,27). The number of aryl methyl sites for hydroxylation is 2. The Labute approximate surface area is 195 Å². The topological polar surface area (TPSA) is 109 Å². The maximum absolute atomic E-state index is 5.83. The van der Waals surface area contributed by atoms with Crippen LogP contribution in [0.25, 0.3) is 17.3 Å². The normalized spacial score (nSPS) is 10.8. The number of para-hydroxylation sites is 1. The first-order valence-corrected chi connectivity index (χ1v) is 11.1. The van der Waals surface area contributed by atoms with Crippen LogP contribution in [0.3, 0.4) is 0 Å². The number of rotatable bonds is 10. The predicted octanol–water partition coefficient (Wildman–Crippen LogP) is 3.95. The summed E-state index contributed by atoms with van der Waals surface area (Å²) in [5.41, 5.74) is 1.53. The number of nitrogens with zero attached hydrogens (tertiary/aromatic N) is 5. The lowest BCUT2D eigenvalue weighted by Crippen LogP contribution is -2.07. The highest BCUT2D eigenvalue weighted by molar-refractivity contribution is 8.00. The third kappa shape index (κ3) is 4.87. The zero-order valence-corrected chi connectivity index (χ0v) is 19.5. The van der Waals surface area contributed by atoms with E-state index < -0.39 is 0 Å². The molecule has 0 saturated carbocycles. The molecule has 0 aliphatic rings. The molecule has 33 heavy (non-hydrogen) atoms. The summed E-state index contributed by atoms with van der Waals surface area (Å²) in [6, 6.07) is 9.31. The maximum Gasteiger partial charge on any atom is 0.239 e. The molecule has 0 unspecified atom stereocenters. The zero-order valence-electron chi connectivity index (χ0n) is 18.7. The molecule has 4 rings (SSSR count). The van der Waals surface area contributed by atoms with Crippen molar-refractivity contribution < 1.29 is 18.6 Å². The Bertz CT molecular complexity index is 1190. The zero-order chi connectivity index (χ0) is 23.2. The summed E-state index contributed by atoms with van der Waals surface area (Å²) in [5, 5.41) is 8.74. The third-order valence-corrected chi connectivity index (χ3v) is 5.50. The number of benzene rings is 1. The van der Waals surface area contributed by atoms with Crippen LogP contribution in [0.4, 0.5) is 5.95 Å². The molecule has 0 fully saturated rings. The molecule has 0 spiro atoms. The quantitative estimate of drug-likeness (QED) is 0.271. The van der Waals surface area contributed by atoms with Crippen molar-refractivity contribution in [1.29, 1.82) is 0 Å². The first-order chi connectivity index (χ1) is 16.1. The van der Waals surface area contributed by atoms with E-state index in [1.807, 2.05) is 41.8 Å². The molecule has 4 aromatic rings. The Kier molecular flexibility index (Phi) is 6.98. The molecule has 0 saturated heterocycles. The van der Waals surface area contributed by atoms with Gasteiger partial charge in [0.1, 0.15) is 22.9 Å². The van der Waals surface area contributed by atoms with Crippen molar-refractivity contribution in [3.05, 3.63) is 54.2 Å². The lowest BCUT2D eigenvalue weighted by Gasteiger charge is -2.16. The first-order valence-electron chi connectivity index (χ1n) is 10.1.